The van der Waals surface area contributed by atoms with Gasteiger partial charge in [-0.25, -0.2) is 0 Å². The third-order valence-corrected chi connectivity index (χ3v) is 2.69. The lowest BCUT2D eigenvalue weighted by Gasteiger charge is -2.16. The van der Waals surface area contributed by atoms with Gasteiger partial charge in [0.2, 0.25) is 0 Å². The van der Waals surface area contributed by atoms with Crippen molar-refractivity contribution >= 4 is 23.2 Å². The van der Waals surface area contributed by atoms with E-state index in [1.807, 2.05) is 0 Å². The summed E-state index contributed by atoms with van der Waals surface area (Å²) >= 11 is 11.7. The summed E-state index contributed by atoms with van der Waals surface area (Å²) in [6, 6.07) is -0.0316. The Hall–Kier alpha value is 0.540. The summed E-state index contributed by atoms with van der Waals surface area (Å²) in [6.07, 6.45) is 1.78. The van der Waals surface area contributed by atoms with Crippen molar-refractivity contribution in [1.29, 1.82) is 0 Å². The quantitative estimate of drug-likeness (QED) is 0.549. The predicted molar refractivity (Wildman–Crippen MR) is 40.8 cm³/mol. The van der Waals surface area contributed by atoms with Crippen molar-refractivity contribution < 1.29 is 0 Å². The molecule has 1 nitrogen and oxygen atoms in total. The van der Waals surface area contributed by atoms with E-state index in [1.54, 1.807) is 0 Å². The zero-order chi connectivity index (χ0) is 7.07. The van der Waals surface area contributed by atoms with E-state index in [1.165, 1.54) is 0 Å². The van der Waals surface area contributed by atoms with Gasteiger partial charge >= 0.3 is 0 Å². The Balaban J connectivity index is 2.58. The van der Waals surface area contributed by atoms with Crippen LogP contribution in [0.1, 0.15) is 19.8 Å². The van der Waals surface area contributed by atoms with Gasteiger partial charge in [0.05, 0.1) is 0 Å². The molecule has 0 unspecified atom stereocenters. The highest BCUT2D eigenvalue weighted by molar-refractivity contribution is 6.49. The summed E-state index contributed by atoms with van der Waals surface area (Å²) in [5.74, 6) is 0.579. The van der Waals surface area contributed by atoms with Crippen molar-refractivity contribution in [2.45, 2.75) is 30.1 Å². The molecule has 0 heterocycles. The van der Waals surface area contributed by atoms with E-state index in [-0.39, 0.29) is 6.04 Å². The Morgan fingerprint density at radius 2 is 2.11 bits per heavy atom. The number of alkyl halides is 2. The molecule has 0 spiro atoms. The van der Waals surface area contributed by atoms with Crippen LogP contribution in [0, 0.1) is 5.92 Å². The van der Waals surface area contributed by atoms with Gasteiger partial charge in [-0.15, -0.1) is 0 Å². The van der Waals surface area contributed by atoms with E-state index in [4.69, 9.17) is 28.9 Å². The molecule has 9 heavy (non-hydrogen) atoms. The van der Waals surface area contributed by atoms with Crippen LogP contribution < -0.4 is 5.73 Å². The van der Waals surface area contributed by atoms with Crippen LogP contribution in [0.3, 0.4) is 0 Å². The molecule has 0 radical (unpaired) electrons. The lowest BCUT2D eigenvalue weighted by atomic mass is 10.1. The average Bonchev–Trinajstić information content (AvgIpc) is 1.79. The number of halogens is 2. The van der Waals surface area contributed by atoms with E-state index in [0.29, 0.717) is 5.92 Å². The van der Waals surface area contributed by atoms with Crippen LogP contribution in [0.25, 0.3) is 0 Å². The van der Waals surface area contributed by atoms with Gasteiger partial charge in [-0.2, -0.15) is 0 Å². The molecule has 1 saturated carbocycles. The SMILES string of the molecule is C[C@@H]1C[C@H](N)C(Cl)(Cl)C1. The van der Waals surface area contributed by atoms with E-state index < -0.39 is 4.33 Å². The van der Waals surface area contributed by atoms with Crippen molar-refractivity contribution in [3.8, 4) is 0 Å². The molecule has 1 rings (SSSR count). The highest BCUT2D eigenvalue weighted by atomic mass is 35.5. The fraction of sp³-hybridized carbons (Fsp3) is 1.00. The number of rotatable bonds is 0. The van der Waals surface area contributed by atoms with Gasteiger partial charge < -0.3 is 5.73 Å². The minimum absolute atomic E-state index is 0.0316. The summed E-state index contributed by atoms with van der Waals surface area (Å²) in [7, 11) is 0. The van der Waals surface area contributed by atoms with Crippen LogP contribution in [-0.4, -0.2) is 10.4 Å². The van der Waals surface area contributed by atoms with Gasteiger partial charge in [0.1, 0.15) is 4.33 Å². The minimum Gasteiger partial charge on any atom is -0.325 e. The summed E-state index contributed by atoms with van der Waals surface area (Å²) in [5, 5.41) is 0. The first-order chi connectivity index (χ1) is 4.02. The van der Waals surface area contributed by atoms with Crippen LogP contribution in [-0.2, 0) is 0 Å². The number of hydrogen-bond acceptors (Lipinski definition) is 1. The molecule has 0 aliphatic heterocycles. The molecular formula is C6H11Cl2N. The van der Waals surface area contributed by atoms with Gasteiger partial charge in [-0.3, -0.25) is 0 Å². The minimum atomic E-state index is -0.653. The topological polar surface area (TPSA) is 26.0 Å². The van der Waals surface area contributed by atoms with Crippen molar-refractivity contribution in [3.05, 3.63) is 0 Å². The molecule has 2 atom stereocenters. The van der Waals surface area contributed by atoms with Crippen LogP contribution in [0.2, 0.25) is 0 Å². The Morgan fingerprint density at radius 3 is 2.22 bits per heavy atom. The Labute approximate surface area is 65.5 Å². The number of hydrogen-bond donors (Lipinski definition) is 1. The summed E-state index contributed by atoms with van der Waals surface area (Å²) < 4.78 is -0.653. The first kappa shape index (κ1) is 7.64. The maximum absolute atomic E-state index is 5.85. The standard InChI is InChI=1S/C6H11Cl2N/c1-4-2-5(9)6(7,8)3-4/h4-5H,2-3,9H2,1H3/t4-,5+/m1/s1. The first-order valence-corrected chi connectivity index (χ1v) is 3.91. The highest BCUT2D eigenvalue weighted by Gasteiger charge is 2.40. The third-order valence-electron chi connectivity index (χ3n) is 1.82. The first-order valence-electron chi connectivity index (χ1n) is 3.16. The van der Waals surface area contributed by atoms with Crippen molar-refractivity contribution in [1.82, 2.24) is 0 Å². The summed E-state index contributed by atoms with van der Waals surface area (Å²) in [6.45, 7) is 2.12. The van der Waals surface area contributed by atoms with E-state index in [2.05, 4.69) is 6.92 Å². The Morgan fingerprint density at radius 1 is 1.56 bits per heavy atom. The normalized spacial score (nSPS) is 41.3. The smallest absolute Gasteiger partial charge is 0.133 e. The molecule has 0 bridgehead atoms. The average molecular weight is 168 g/mol. The van der Waals surface area contributed by atoms with Crippen LogP contribution in [0.15, 0.2) is 0 Å². The van der Waals surface area contributed by atoms with Gasteiger partial charge in [0, 0.05) is 6.04 Å². The number of nitrogens with two attached hydrogens (primary N) is 1. The molecule has 54 valence electrons. The molecule has 0 saturated heterocycles. The molecule has 1 fully saturated rings. The van der Waals surface area contributed by atoms with Gasteiger partial charge in [-0.1, -0.05) is 30.1 Å². The summed E-state index contributed by atoms with van der Waals surface area (Å²) in [4.78, 5) is 0. The molecular weight excluding hydrogens is 157 g/mol. The lowest BCUT2D eigenvalue weighted by molar-refractivity contribution is 0.594. The van der Waals surface area contributed by atoms with Crippen LogP contribution >= 0.6 is 23.2 Å². The predicted octanol–water partition coefficient (Wildman–Crippen LogP) is 1.92. The van der Waals surface area contributed by atoms with Crippen molar-refractivity contribution in [2.24, 2.45) is 11.7 Å². The zero-order valence-electron chi connectivity index (χ0n) is 5.40. The molecule has 1 aliphatic rings. The van der Waals surface area contributed by atoms with Gasteiger partial charge in [-0.05, 0) is 18.8 Å². The second-order valence-electron chi connectivity index (χ2n) is 2.91. The van der Waals surface area contributed by atoms with E-state index >= 15 is 0 Å². The van der Waals surface area contributed by atoms with Gasteiger partial charge in [0.25, 0.3) is 0 Å². The monoisotopic (exact) mass is 167 g/mol. The summed E-state index contributed by atoms with van der Waals surface area (Å²) in [5.41, 5.74) is 5.64. The molecule has 3 heteroatoms. The lowest BCUT2D eigenvalue weighted by Crippen LogP contribution is -2.32. The van der Waals surface area contributed by atoms with Crippen LogP contribution in [0.5, 0.6) is 0 Å². The third kappa shape index (κ3) is 1.51. The maximum atomic E-state index is 5.85. The fourth-order valence-corrected chi connectivity index (χ4v) is 2.01. The second kappa shape index (κ2) is 2.30. The Bertz CT molecular complexity index is 114. The van der Waals surface area contributed by atoms with Crippen molar-refractivity contribution in [2.75, 3.05) is 0 Å². The molecule has 1 aliphatic carbocycles. The zero-order valence-corrected chi connectivity index (χ0v) is 6.91. The van der Waals surface area contributed by atoms with Crippen LogP contribution in [0.4, 0.5) is 0 Å². The van der Waals surface area contributed by atoms with Gasteiger partial charge in [0.15, 0.2) is 0 Å². The van der Waals surface area contributed by atoms with Crippen molar-refractivity contribution in [3.63, 3.8) is 0 Å². The van der Waals surface area contributed by atoms with E-state index in [0.717, 1.165) is 12.8 Å². The second-order valence-corrected chi connectivity index (χ2v) is 4.45. The molecule has 0 amide bonds. The molecule has 0 aromatic carbocycles. The molecule has 0 aromatic heterocycles. The fourth-order valence-electron chi connectivity index (χ4n) is 1.31. The highest BCUT2D eigenvalue weighted by Crippen LogP contribution is 2.41. The molecule has 0 aromatic rings. The molecule has 2 N–H and O–H groups in total. The largest absolute Gasteiger partial charge is 0.325 e. The Kier molecular flexibility index (Phi) is 1.95. The van der Waals surface area contributed by atoms with E-state index in [9.17, 15) is 0 Å². The maximum Gasteiger partial charge on any atom is 0.133 e.